The van der Waals surface area contributed by atoms with Crippen LogP contribution >= 0.6 is 11.6 Å². The van der Waals surface area contributed by atoms with E-state index in [0.29, 0.717) is 11.6 Å². The molecule has 27 heavy (non-hydrogen) atoms. The summed E-state index contributed by atoms with van der Waals surface area (Å²) < 4.78 is 0. The summed E-state index contributed by atoms with van der Waals surface area (Å²) in [4.78, 5) is 25.9. The third kappa shape index (κ3) is 4.06. The van der Waals surface area contributed by atoms with Gasteiger partial charge >= 0.3 is 0 Å². The number of rotatable bonds is 6. The molecule has 0 bridgehead atoms. The Morgan fingerprint density at radius 3 is 2.52 bits per heavy atom. The van der Waals surface area contributed by atoms with E-state index in [-0.39, 0.29) is 11.3 Å². The van der Waals surface area contributed by atoms with E-state index < -0.39 is 0 Å². The highest BCUT2D eigenvalue weighted by Gasteiger charge is 2.51. The van der Waals surface area contributed by atoms with Gasteiger partial charge in [-0.3, -0.25) is 9.69 Å². The van der Waals surface area contributed by atoms with E-state index in [9.17, 15) is 4.79 Å². The van der Waals surface area contributed by atoms with Crippen LogP contribution in [0, 0.1) is 0 Å². The molecule has 4 rings (SSSR count). The van der Waals surface area contributed by atoms with Crippen LogP contribution in [0.5, 0.6) is 0 Å². The van der Waals surface area contributed by atoms with Crippen LogP contribution in [0.3, 0.4) is 0 Å². The maximum atomic E-state index is 12.7. The number of nitrogens with zero attached hydrogens (tertiary/aromatic N) is 4. The Kier molecular flexibility index (Phi) is 5.27. The van der Waals surface area contributed by atoms with E-state index in [1.54, 1.807) is 12.4 Å². The third-order valence-corrected chi connectivity index (χ3v) is 5.72. The van der Waals surface area contributed by atoms with E-state index >= 15 is 0 Å². The second kappa shape index (κ2) is 7.82. The smallest absolute Gasteiger partial charge is 0.230 e. The largest absolute Gasteiger partial charge is 0.354 e. The highest BCUT2D eigenvalue weighted by Crippen LogP contribution is 2.48. The highest BCUT2D eigenvalue weighted by molar-refractivity contribution is 6.30. The molecule has 6 nitrogen and oxygen atoms in total. The van der Waals surface area contributed by atoms with Crippen LogP contribution in [-0.2, 0) is 10.2 Å². The van der Waals surface area contributed by atoms with Gasteiger partial charge in [0.15, 0.2) is 0 Å². The summed E-state index contributed by atoms with van der Waals surface area (Å²) in [5.74, 6) is 0.920. The van der Waals surface area contributed by atoms with Crippen molar-refractivity contribution in [3.8, 4) is 0 Å². The Labute approximate surface area is 164 Å². The van der Waals surface area contributed by atoms with E-state index in [4.69, 9.17) is 11.6 Å². The molecule has 1 aliphatic carbocycles. The second-order valence-corrected chi connectivity index (χ2v) is 7.66. The molecule has 2 fully saturated rings. The van der Waals surface area contributed by atoms with Crippen LogP contribution in [-0.4, -0.2) is 60.0 Å². The molecule has 2 aromatic rings. The minimum absolute atomic E-state index is 0.126. The van der Waals surface area contributed by atoms with Crippen LogP contribution in [0.2, 0.25) is 5.02 Å². The molecule has 0 unspecified atom stereocenters. The topological polar surface area (TPSA) is 61.4 Å². The average Bonchev–Trinajstić information content (AvgIpc) is 3.51. The van der Waals surface area contributed by atoms with Crippen LogP contribution < -0.4 is 10.2 Å². The number of halogens is 1. The fourth-order valence-electron chi connectivity index (χ4n) is 3.68. The second-order valence-electron chi connectivity index (χ2n) is 7.23. The predicted molar refractivity (Wildman–Crippen MR) is 106 cm³/mol. The number of carbonyl (C=O) groups is 1. The van der Waals surface area contributed by atoms with Gasteiger partial charge < -0.3 is 10.2 Å². The number of piperazine rings is 1. The first-order chi connectivity index (χ1) is 13.2. The first kappa shape index (κ1) is 18.2. The SMILES string of the molecule is O=C(NCCN1CCN(c2ncccn2)CC1)C1(c2cccc(Cl)c2)CC1. The molecule has 0 spiro atoms. The predicted octanol–water partition coefficient (Wildman–Crippen LogP) is 2.10. The van der Waals surface area contributed by atoms with E-state index in [1.165, 1.54) is 0 Å². The van der Waals surface area contributed by atoms with Gasteiger partial charge in [0, 0.05) is 56.7 Å². The molecule has 1 N–H and O–H groups in total. The van der Waals surface area contributed by atoms with Crippen molar-refractivity contribution < 1.29 is 4.79 Å². The van der Waals surface area contributed by atoms with E-state index in [2.05, 4.69) is 25.1 Å². The number of carbonyl (C=O) groups excluding carboxylic acids is 1. The van der Waals surface area contributed by atoms with Crippen molar-refractivity contribution in [2.45, 2.75) is 18.3 Å². The lowest BCUT2D eigenvalue weighted by atomic mass is 9.95. The van der Waals surface area contributed by atoms with Gasteiger partial charge in [0.05, 0.1) is 5.41 Å². The highest BCUT2D eigenvalue weighted by atomic mass is 35.5. The molecule has 1 aromatic carbocycles. The molecule has 7 heteroatoms. The summed E-state index contributed by atoms with van der Waals surface area (Å²) in [5, 5.41) is 3.82. The number of nitrogens with one attached hydrogen (secondary N) is 1. The van der Waals surface area contributed by atoms with Gasteiger partial charge in [-0.2, -0.15) is 0 Å². The fourth-order valence-corrected chi connectivity index (χ4v) is 3.87. The average molecular weight is 386 g/mol. The van der Waals surface area contributed by atoms with Crippen LogP contribution in [0.1, 0.15) is 18.4 Å². The van der Waals surface area contributed by atoms with Crippen LogP contribution in [0.4, 0.5) is 5.95 Å². The molecule has 1 saturated heterocycles. The summed E-state index contributed by atoms with van der Waals surface area (Å²) in [6.07, 6.45) is 5.35. The lowest BCUT2D eigenvalue weighted by Gasteiger charge is -2.34. The van der Waals surface area contributed by atoms with Gasteiger partial charge in [-0.15, -0.1) is 0 Å². The number of anilines is 1. The van der Waals surface area contributed by atoms with Crippen molar-refractivity contribution in [3.05, 3.63) is 53.3 Å². The molecule has 1 amide bonds. The van der Waals surface area contributed by atoms with Gasteiger partial charge in [-0.05, 0) is 36.6 Å². The Morgan fingerprint density at radius 2 is 1.85 bits per heavy atom. The Hall–Kier alpha value is -2.18. The summed E-state index contributed by atoms with van der Waals surface area (Å²) >= 11 is 6.09. The third-order valence-electron chi connectivity index (χ3n) is 5.48. The standard InChI is InChI=1S/C20H24ClN5O/c21-17-4-1-3-16(15-17)20(5-6-20)18(27)22-9-10-25-11-13-26(14-12-25)19-23-7-2-8-24-19/h1-4,7-8,15H,5-6,9-14H2,(H,22,27). The molecular weight excluding hydrogens is 362 g/mol. The van der Waals surface area contributed by atoms with Crippen molar-refractivity contribution in [1.82, 2.24) is 20.2 Å². The quantitative estimate of drug-likeness (QED) is 0.825. The molecular formula is C20H24ClN5O. The molecule has 1 aliphatic heterocycles. The summed E-state index contributed by atoms with van der Waals surface area (Å²) in [5.41, 5.74) is 0.665. The normalized spacial score (nSPS) is 18.9. The molecule has 2 heterocycles. The number of hydrogen-bond donors (Lipinski definition) is 1. The van der Waals surface area contributed by atoms with E-state index in [0.717, 1.165) is 57.1 Å². The van der Waals surface area contributed by atoms with Gasteiger partial charge in [0.25, 0.3) is 0 Å². The fraction of sp³-hybridized carbons (Fsp3) is 0.450. The van der Waals surface area contributed by atoms with Crippen molar-refractivity contribution in [3.63, 3.8) is 0 Å². The van der Waals surface area contributed by atoms with Gasteiger partial charge in [0.2, 0.25) is 11.9 Å². The molecule has 1 saturated carbocycles. The number of aromatic nitrogens is 2. The maximum Gasteiger partial charge on any atom is 0.230 e. The monoisotopic (exact) mass is 385 g/mol. The van der Waals surface area contributed by atoms with Crippen molar-refractivity contribution in [2.24, 2.45) is 0 Å². The van der Waals surface area contributed by atoms with Gasteiger partial charge in [-0.25, -0.2) is 9.97 Å². The first-order valence-corrected chi connectivity index (χ1v) is 9.84. The van der Waals surface area contributed by atoms with Gasteiger partial charge in [-0.1, -0.05) is 23.7 Å². The Bertz CT molecular complexity index is 788. The van der Waals surface area contributed by atoms with Crippen molar-refractivity contribution >= 4 is 23.5 Å². The maximum absolute atomic E-state index is 12.7. The lowest BCUT2D eigenvalue weighted by Crippen LogP contribution is -2.49. The minimum Gasteiger partial charge on any atom is -0.354 e. The number of amides is 1. The van der Waals surface area contributed by atoms with Crippen LogP contribution in [0.25, 0.3) is 0 Å². The van der Waals surface area contributed by atoms with Crippen LogP contribution in [0.15, 0.2) is 42.7 Å². The van der Waals surface area contributed by atoms with Crippen molar-refractivity contribution in [1.29, 1.82) is 0 Å². The first-order valence-electron chi connectivity index (χ1n) is 9.46. The molecule has 0 radical (unpaired) electrons. The zero-order chi connectivity index (χ0) is 18.7. The molecule has 1 aromatic heterocycles. The molecule has 2 aliphatic rings. The summed E-state index contributed by atoms with van der Waals surface area (Å²) in [7, 11) is 0. The Morgan fingerprint density at radius 1 is 1.11 bits per heavy atom. The zero-order valence-corrected chi connectivity index (χ0v) is 16.0. The zero-order valence-electron chi connectivity index (χ0n) is 15.3. The summed E-state index contributed by atoms with van der Waals surface area (Å²) in [6, 6.07) is 9.51. The minimum atomic E-state index is -0.367. The number of hydrogen-bond acceptors (Lipinski definition) is 5. The summed E-state index contributed by atoms with van der Waals surface area (Å²) in [6.45, 7) is 5.25. The Balaban J connectivity index is 1.23. The molecule has 0 atom stereocenters. The van der Waals surface area contributed by atoms with Gasteiger partial charge in [0.1, 0.15) is 0 Å². The van der Waals surface area contributed by atoms with E-state index in [1.807, 2.05) is 30.3 Å². The lowest BCUT2D eigenvalue weighted by molar-refractivity contribution is -0.123. The molecule has 142 valence electrons. The van der Waals surface area contributed by atoms with Crippen molar-refractivity contribution in [2.75, 3.05) is 44.2 Å². The number of benzene rings is 1.